The summed E-state index contributed by atoms with van der Waals surface area (Å²) in [5, 5.41) is 3.28. The number of benzene rings is 2. The van der Waals surface area contributed by atoms with Crippen molar-refractivity contribution < 1.29 is 4.39 Å². The smallest absolute Gasteiger partial charge is 0.127 e. The Bertz CT molecular complexity index is 758. The first-order valence-electron chi connectivity index (χ1n) is 6.92. The van der Waals surface area contributed by atoms with Crippen molar-refractivity contribution in [3.05, 3.63) is 71.8 Å². The van der Waals surface area contributed by atoms with Gasteiger partial charge in [-0.3, -0.25) is 4.98 Å². The summed E-state index contributed by atoms with van der Waals surface area (Å²) in [5.41, 5.74) is 3.25. The molecule has 21 heavy (non-hydrogen) atoms. The molecule has 4 heteroatoms. The second-order valence-corrected chi connectivity index (χ2v) is 4.97. The van der Waals surface area contributed by atoms with Crippen molar-refractivity contribution in [1.29, 1.82) is 0 Å². The number of nitrogens with zero attached hydrogens (tertiary/aromatic N) is 2. The van der Waals surface area contributed by atoms with Crippen LogP contribution in [0.2, 0.25) is 0 Å². The van der Waals surface area contributed by atoms with E-state index in [2.05, 4.69) is 15.3 Å². The van der Waals surface area contributed by atoms with Crippen molar-refractivity contribution in [2.24, 2.45) is 0 Å². The van der Waals surface area contributed by atoms with Crippen molar-refractivity contribution in [2.45, 2.75) is 19.5 Å². The molecule has 1 aromatic heterocycles. The van der Waals surface area contributed by atoms with Gasteiger partial charge in [0.05, 0.1) is 22.9 Å². The van der Waals surface area contributed by atoms with Crippen LogP contribution in [0.15, 0.2) is 54.7 Å². The summed E-state index contributed by atoms with van der Waals surface area (Å²) in [4.78, 5) is 8.92. The highest BCUT2D eigenvalue weighted by Crippen LogP contribution is 2.16. The summed E-state index contributed by atoms with van der Waals surface area (Å²) in [6.07, 6.45) is 1.75. The molecular weight excluding hydrogens is 265 g/mol. The van der Waals surface area contributed by atoms with Crippen LogP contribution >= 0.6 is 0 Å². The normalized spacial score (nSPS) is 12.5. The lowest BCUT2D eigenvalue weighted by Crippen LogP contribution is -2.19. The minimum atomic E-state index is -0.193. The van der Waals surface area contributed by atoms with E-state index in [-0.39, 0.29) is 11.9 Å². The predicted molar refractivity (Wildman–Crippen MR) is 81.2 cm³/mol. The lowest BCUT2D eigenvalue weighted by Gasteiger charge is -2.14. The predicted octanol–water partition coefficient (Wildman–Crippen LogP) is 3.62. The fourth-order valence-corrected chi connectivity index (χ4v) is 2.27. The molecule has 0 radical (unpaired) electrons. The second kappa shape index (κ2) is 5.97. The van der Waals surface area contributed by atoms with Gasteiger partial charge >= 0.3 is 0 Å². The van der Waals surface area contributed by atoms with Crippen molar-refractivity contribution in [3.63, 3.8) is 0 Å². The topological polar surface area (TPSA) is 37.8 Å². The molecule has 0 amide bonds. The van der Waals surface area contributed by atoms with E-state index >= 15 is 0 Å². The molecule has 0 bridgehead atoms. The molecule has 0 spiro atoms. The largest absolute Gasteiger partial charge is 0.304 e. The van der Waals surface area contributed by atoms with Crippen LogP contribution in [-0.4, -0.2) is 9.97 Å². The third kappa shape index (κ3) is 3.06. The molecule has 0 aliphatic heterocycles. The highest BCUT2D eigenvalue weighted by atomic mass is 19.1. The zero-order valence-corrected chi connectivity index (χ0v) is 11.8. The van der Waals surface area contributed by atoms with Gasteiger partial charge in [0.25, 0.3) is 0 Å². The SMILES string of the molecule is C[C@@H](NCc1cnc2ccccc2n1)c1ccccc1F. The van der Waals surface area contributed by atoms with E-state index in [1.54, 1.807) is 18.3 Å². The highest BCUT2D eigenvalue weighted by Gasteiger charge is 2.10. The summed E-state index contributed by atoms with van der Waals surface area (Å²) >= 11 is 0. The Labute approximate surface area is 122 Å². The Morgan fingerprint density at radius 1 is 1.05 bits per heavy atom. The van der Waals surface area contributed by atoms with E-state index in [4.69, 9.17) is 0 Å². The van der Waals surface area contributed by atoms with Gasteiger partial charge in [-0.05, 0) is 25.1 Å². The average Bonchev–Trinajstić information content (AvgIpc) is 2.53. The van der Waals surface area contributed by atoms with Gasteiger partial charge in [-0.1, -0.05) is 30.3 Å². The maximum Gasteiger partial charge on any atom is 0.127 e. The van der Waals surface area contributed by atoms with Crippen LogP contribution in [0.5, 0.6) is 0 Å². The van der Waals surface area contributed by atoms with Gasteiger partial charge in [0.1, 0.15) is 5.82 Å². The maximum atomic E-state index is 13.7. The maximum absolute atomic E-state index is 13.7. The van der Waals surface area contributed by atoms with E-state index in [1.165, 1.54) is 6.07 Å². The molecule has 0 aliphatic rings. The number of fused-ring (bicyclic) bond motifs is 1. The van der Waals surface area contributed by atoms with Gasteiger partial charge < -0.3 is 5.32 Å². The number of nitrogens with one attached hydrogen (secondary N) is 1. The molecule has 0 saturated heterocycles. The summed E-state index contributed by atoms with van der Waals surface area (Å²) in [7, 11) is 0. The number of para-hydroxylation sites is 2. The lowest BCUT2D eigenvalue weighted by atomic mass is 10.1. The van der Waals surface area contributed by atoms with Crippen LogP contribution in [0, 0.1) is 5.82 Å². The quantitative estimate of drug-likeness (QED) is 0.793. The fourth-order valence-electron chi connectivity index (χ4n) is 2.27. The lowest BCUT2D eigenvalue weighted by molar-refractivity contribution is 0.524. The zero-order valence-electron chi connectivity index (χ0n) is 11.8. The summed E-state index contributed by atoms with van der Waals surface area (Å²) in [5.74, 6) is -0.193. The molecule has 1 heterocycles. The zero-order chi connectivity index (χ0) is 14.7. The molecule has 2 aromatic carbocycles. The standard InChI is InChI=1S/C17H16FN3/c1-12(14-6-2-3-7-15(14)18)19-10-13-11-20-16-8-4-5-9-17(16)21-13/h2-9,11-12,19H,10H2,1H3/t12-/m1/s1. The van der Waals surface area contributed by atoms with E-state index in [0.29, 0.717) is 12.1 Å². The number of hydrogen-bond donors (Lipinski definition) is 1. The summed E-state index contributed by atoms with van der Waals surface area (Å²) < 4.78 is 13.7. The van der Waals surface area contributed by atoms with Crippen LogP contribution in [0.25, 0.3) is 11.0 Å². The Hall–Kier alpha value is -2.33. The highest BCUT2D eigenvalue weighted by molar-refractivity contribution is 5.73. The van der Waals surface area contributed by atoms with Gasteiger partial charge in [0, 0.05) is 18.2 Å². The second-order valence-electron chi connectivity index (χ2n) is 4.97. The number of halogens is 1. The van der Waals surface area contributed by atoms with Crippen molar-refractivity contribution >= 4 is 11.0 Å². The van der Waals surface area contributed by atoms with Crippen LogP contribution in [0.1, 0.15) is 24.2 Å². The first-order chi connectivity index (χ1) is 10.2. The Morgan fingerprint density at radius 3 is 2.57 bits per heavy atom. The van der Waals surface area contributed by atoms with Gasteiger partial charge in [0.2, 0.25) is 0 Å². The van der Waals surface area contributed by atoms with Gasteiger partial charge in [0.15, 0.2) is 0 Å². The number of aromatic nitrogens is 2. The third-order valence-corrected chi connectivity index (χ3v) is 3.46. The van der Waals surface area contributed by atoms with Crippen molar-refractivity contribution in [3.8, 4) is 0 Å². The summed E-state index contributed by atoms with van der Waals surface area (Å²) in [6.45, 7) is 2.49. The van der Waals surface area contributed by atoms with Crippen LogP contribution in [0.4, 0.5) is 4.39 Å². The molecule has 1 N–H and O–H groups in total. The molecular formula is C17H16FN3. The van der Waals surface area contributed by atoms with Gasteiger partial charge in [-0.15, -0.1) is 0 Å². The minimum Gasteiger partial charge on any atom is -0.304 e. The molecule has 0 aliphatic carbocycles. The first kappa shape index (κ1) is 13.6. The molecule has 106 valence electrons. The fraction of sp³-hybridized carbons (Fsp3) is 0.176. The molecule has 3 aromatic rings. The molecule has 0 fully saturated rings. The van der Waals surface area contributed by atoms with Crippen LogP contribution in [0.3, 0.4) is 0 Å². The molecule has 1 atom stereocenters. The molecule has 3 nitrogen and oxygen atoms in total. The van der Waals surface area contributed by atoms with E-state index < -0.39 is 0 Å². The average molecular weight is 281 g/mol. The van der Waals surface area contributed by atoms with E-state index in [0.717, 1.165) is 16.7 Å². The Morgan fingerprint density at radius 2 is 1.76 bits per heavy atom. The molecule has 3 rings (SSSR count). The monoisotopic (exact) mass is 281 g/mol. The number of hydrogen-bond acceptors (Lipinski definition) is 3. The van der Waals surface area contributed by atoms with Crippen LogP contribution in [-0.2, 0) is 6.54 Å². The molecule has 0 unspecified atom stereocenters. The van der Waals surface area contributed by atoms with Crippen molar-refractivity contribution in [2.75, 3.05) is 0 Å². The van der Waals surface area contributed by atoms with Gasteiger partial charge in [-0.25, -0.2) is 9.37 Å². The first-order valence-corrected chi connectivity index (χ1v) is 6.92. The Kier molecular flexibility index (Phi) is 3.88. The van der Waals surface area contributed by atoms with E-state index in [1.807, 2.05) is 37.3 Å². The van der Waals surface area contributed by atoms with E-state index in [9.17, 15) is 4.39 Å². The van der Waals surface area contributed by atoms with Crippen molar-refractivity contribution in [1.82, 2.24) is 15.3 Å². The number of rotatable bonds is 4. The molecule has 0 saturated carbocycles. The third-order valence-electron chi connectivity index (χ3n) is 3.46. The van der Waals surface area contributed by atoms with Crippen LogP contribution < -0.4 is 5.32 Å². The minimum absolute atomic E-state index is 0.0838. The summed E-state index contributed by atoms with van der Waals surface area (Å²) in [6, 6.07) is 14.5. The Balaban J connectivity index is 1.73. The van der Waals surface area contributed by atoms with Gasteiger partial charge in [-0.2, -0.15) is 0 Å².